The fourth-order valence-corrected chi connectivity index (χ4v) is 3.76. The number of nitrogens with one attached hydrogen (secondary N) is 1. The van der Waals surface area contributed by atoms with Crippen molar-refractivity contribution in [3.8, 4) is 11.5 Å². The van der Waals surface area contributed by atoms with E-state index in [0.717, 1.165) is 48.3 Å². The molecule has 1 amide bonds. The summed E-state index contributed by atoms with van der Waals surface area (Å²) in [6.07, 6.45) is 3.56. The van der Waals surface area contributed by atoms with Crippen LogP contribution in [0.25, 0.3) is 0 Å². The van der Waals surface area contributed by atoms with Crippen LogP contribution in [0.2, 0.25) is 0 Å². The maximum Gasteiger partial charge on any atom is 0.232 e. The summed E-state index contributed by atoms with van der Waals surface area (Å²) in [6.45, 7) is 0.313. The predicted molar refractivity (Wildman–Crippen MR) is 91.2 cm³/mol. The molecule has 0 saturated heterocycles. The van der Waals surface area contributed by atoms with Crippen LogP contribution >= 0.6 is 0 Å². The van der Waals surface area contributed by atoms with Crippen LogP contribution in [0, 0.1) is 0 Å². The number of hydrogen-bond acceptors (Lipinski definition) is 3. The number of para-hydroxylation sites is 2. The Morgan fingerprint density at radius 1 is 1.04 bits per heavy atom. The summed E-state index contributed by atoms with van der Waals surface area (Å²) in [5.74, 6) is 0.946. The number of carbonyl (C=O) groups is 1. The number of fused-ring (bicyclic) bond motifs is 2. The van der Waals surface area contributed by atoms with Crippen molar-refractivity contribution >= 4 is 5.91 Å². The zero-order chi connectivity index (χ0) is 16.6. The van der Waals surface area contributed by atoms with Gasteiger partial charge in [0.05, 0.1) is 11.5 Å². The van der Waals surface area contributed by atoms with Crippen molar-refractivity contribution in [2.24, 2.45) is 0 Å². The van der Waals surface area contributed by atoms with E-state index in [-0.39, 0.29) is 5.91 Å². The van der Waals surface area contributed by atoms with Gasteiger partial charge in [-0.05, 0) is 25.0 Å². The van der Waals surface area contributed by atoms with Crippen LogP contribution in [0.4, 0.5) is 0 Å². The molecule has 24 heavy (non-hydrogen) atoms. The first-order chi connectivity index (χ1) is 11.7. The van der Waals surface area contributed by atoms with E-state index in [1.807, 2.05) is 48.5 Å². The Kier molecular flexibility index (Phi) is 3.77. The summed E-state index contributed by atoms with van der Waals surface area (Å²) in [4.78, 5) is 12.9. The molecule has 1 aliphatic carbocycles. The third kappa shape index (κ3) is 2.67. The molecule has 2 N–H and O–H groups in total. The number of hydrogen-bond donors (Lipinski definition) is 2. The zero-order valence-corrected chi connectivity index (χ0v) is 13.5. The Labute approximate surface area is 141 Å². The summed E-state index contributed by atoms with van der Waals surface area (Å²) >= 11 is 0. The second kappa shape index (κ2) is 5.95. The summed E-state index contributed by atoms with van der Waals surface area (Å²) < 4.78 is 5.93. The Morgan fingerprint density at radius 2 is 1.58 bits per heavy atom. The molecule has 4 rings (SSSR count). The highest BCUT2D eigenvalue weighted by molar-refractivity contribution is 5.89. The molecular formula is C20H21NO3. The van der Waals surface area contributed by atoms with Crippen molar-refractivity contribution in [2.75, 3.05) is 6.54 Å². The molecule has 1 aliphatic heterocycles. The largest absolute Gasteiger partial charge is 0.457 e. The smallest absolute Gasteiger partial charge is 0.232 e. The first kappa shape index (κ1) is 15.2. The van der Waals surface area contributed by atoms with E-state index < -0.39 is 11.5 Å². The molecule has 0 radical (unpaired) electrons. The molecule has 2 aromatic rings. The number of ether oxygens (including phenoxy) is 1. The minimum Gasteiger partial charge on any atom is -0.457 e. The fraction of sp³-hybridized carbons (Fsp3) is 0.350. The highest BCUT2D eigenvalue weighted by atomic mass is 16.5. The second-order valence-corrected chi connectivity index (χ2v) is 6.76. The average molecular weight is 323 g/mol. The SMILES string of the molecule is O=C(NCC1(O)CCCC1)C1c2ccccc2Oc2ccccc21. The van der Waals surface area contributed by atoms with E-state index in [4.69, 9.17) is 4.74 Å². The molecule has 2 aliphatic rings. The summed E-state index contributed by atoms with van der Waals surface area (Å²) in [5.41, 5.74) is 0.985. The summed E-state index contributed by atoms with van der Waals surface area (Å²) in [7, 11) is 0. The number of carbonyl (C=O) groups excluding carboxylic acids is 1. The highest BCUT2D eigenvalue weighted by Gasteiger charge is 2.35. The van der Waals surface area contributed by atoms with E-state index >= 15 is 0 Å². The van der Waals surface area contributed by atoms with Crippen molar-refractivity contribution in [3.05, 3.63) is 59.7 Å². The van der Waals surface area contributed by atoms with E-state index in [0.29, 0.717) is 6.54 Å². The Bertz CT molecular complexity index is 719. The van der Waals surface area contributed by atoms with Crippen LogP contribution in [0.1, 0.15) is 42.7 Å². The first-order valence-corrected chi connectivity index (χ1v) is 8.52. The molecule has 1 saturated carbocycles. The van der Waals surface area contributed by atoms with Crippen LogP contribution in [0.5, 0.6) is 11.5 Å². The van der Waals surface area contributed by atoms with Gasteiger partial charge in [0.1, 0.15) is 11.5 Å². The van der Waals surface area contributed by atoms with Gasteiger partial charge >= 0.3 is 0 Å². The van der Waals surface area contributed by atoms with Crippen LogP contribution in [-0.2, 0) is 4.79 Å². The predicted octanol–water partition coefficient (Wildman–Crippen LogP) is 3.35. The monoisotopic (exact) mass is 323 g/mol. The third-order valence-corrected chi connectivity index (χ3v) is 5.07. The molecule has 2 aromatic carbocycles. The standard InChI is InChI=1S/C20H21NO3/c22-19(21-13-20(23)11-5-6-12-20)18-14-7-1-3-9-16(14)24-17-10-4-2-8-15(17)18/h1-4,7-10,18,23H,5-6,11-13H2,(H,21,22). The molecule has 0 unspecified atom stereocenters. The minimum absolute atomic E-state index is 0.0847. The number of aliphatic hydroxyl groups is 1. The molecule has 4 heteroatoms. The maximum absolute atomic E-state index is 12.9. The van der Waals surface area contributed by atoms with Gasteiger partial charge in [-0.3, -0.25) is 4.79 Å². The Morgan fingerprint density at radius 3 is 2.17 bits per heavy atom. The lowest BCUT2D eigenvalue weighted by Gasteiger charge is -2.29. The number of rotatable bonds is 3. The van der Waals surface area contributed by atoms with Gasteiger partial charge in [-0.2, -0.15) is 0 Å². The number of amides is 1. The normalized spacial score (nSPS) is 18.4. The van der Waals surface area contributed by atoms with Crippen molar-refractivity contribution < 1.29 is 14.6 Å². The molecule has 0 atom stereocenters. The van der Waals surface area contributed by atoms with Gasteiger partial charge < -0.3 is 15.2 Å². The lowest BCUT2D eigenvalue weighted by Crippen LogP contribution is -2.43. The van der Waals surface area contributed by atoms with Gasteiger partial charge in [-0.1, -0.05) is 49.2 Å². The van der Waals surface area contributed by atoms with Crippen molar-refractivity contribution in [1.82, 2.24) is 5.32 Å². The quantitative estimate of drug-likeness (QED) is 0.911. The summed E-state index contributed by atoms with van der Waals surface area (Å²) in [6, 6.07) is 15.3. The van der Waals surface area contributed by atoms with Gasteiger partial charge in [0, 0.05) is 17.7 Å². The van der Waals surface area contributed by atoms with Gasteiger partial charge in [0.2, 0.25) is 5.91 Å². The van der Waals surface area contributed by atoms with E-state index in [2.05, 4.69) is 5.32 Å². The van der Waals surface area contributed by atoms with Gasteiger partial charge in [0.25, 0.3) is 0 Å². The van der Waals surface area contributed by atoms with E-state index in [1.165, 1.54) is 0 Å². The molecule has 4 nitrogen and oxygen atoms in total. The van der Waals surface area contributed by atoms with E-state index in [9.17, 15) is 9.90 Å². The van der Waals surface area contributed by atoms with Crippen LogP contribution in [0.15, 0.2) is 48.5 Å². The first-order valence-electron chi connectivity index (χ1n) is 8.52. The maximum atomic E-state index is 12.9. The fourth-order valence-electron chi connectivity index (χ4n) is 3.76. The van der Waals surface area contributed by atoms with Gasteiger partial charge in [-0.25, -0.2) is 0 Å². The van der Waals surface area contributed by atoms with Crippen molar-refractivity contribution in [2.45, 2.75) is 37.2 Å². The molecule has 0 aromatic heterocycles. The Hall–Kier alpha value is -2.33. The second-order valence-electron chi connectivity index (χ2n) is 6.76. The molecule has 1 heterocycles. The number of benzene rings is 2. The summed E-state index contributed by atoms with van der Waals surface area (Å²) in [5, 5.41) is 13.5. The van der Waals surface area contributed by atoms with Crippen molar-refractivity contribution in [3.63, 3.8) is 0 Å². The van der Waals surface area contributed by atoms with Crippen LogP contribution in [0.3, 0.4) is 0 Å². The van der Waals surface area contributed by atoms with E-state index in [1.54, 1.807) is 0 Å². The molecule has 1 fully saturated rings. The topological polar surface area (TPSA) is 58.6 Å². The highest BCUT2D eigenvalue weighted by Crippen LogP contribution is 2.44. The zero-order valence-electron chi connectivity index (χ0n) is 13.5. The molecule has 124 valence electrons. The van der Waals surface area contributed by atoms with Crippen LogP contribution < -0.4 is 10.1 Å². The lowest BCUT2D eigenvalue weighted by molar-refractivity contribution is -0.123. The van der Waals surface area contributed by atoms with Crippen molar-refractivity contribution in [1.29, 1.82) is 0 Å². The molecule has 0 bridgehead atoms. The third-order valence-electron chi connectivity index (χ3n) is 5.07. The molecular weight excluding hydrogens is 302 g/mol. The average Bonchev–Trinajstić information content (AvgIpc) is 3.04. The Balaban J connectivity index is 1.63. The van der Waals surface area contributed by atoms with Gasteiger partial charge in [-0.15, -0.1) is 0 Å². The minimum atomic E-state index is -0.750. The van der Waals surface area contributed by atoms with Gasteiger partial charge in [0.15, 0.2) is 0 Å². The lowest BCUT2D eigenvalue weighted by atomic mass is 9.87. The molecule has 0 spiro atoms. The van der Waals surface area contributed by atoms with Crippen LogP contribution in [-0.4, -0.2) is 23.2 Å².